The van der Waals surface area contributed by atoms with E-state index < -0.39 is 0 Å². The van der Waals surface area contributed by atoms with Gasteiger partial charge in [-0.2, -0.15) is 0 Å². The maximum atomic E-state index is 5.65. The van der Waals surface area contributed by atoms with Gasteiger partial charge in [0.05, 0.1) is 13.2 Å². The van der Waals surface area contributed by atoms with Crippen LogP contribution in [0.15, 0.2) is 36.4 Å². The first kappa shape index (κ1) is 16.1. The van der Waals surface area contributed by atoms with Gasteiger partial charge in [-0.15, -0.1) is 0 Å². The van der Waals surface area contributed by atoms with Crippen molar-refractivity contribution in [2.75, 3.05) is 20.3 Å². The zero-order valence-electron chi connectivity index (χ0n) is 13.4. The molecule has 0 N–H and O–H groups in total. The average molecular weight is 288 g/mol. The molecule has 1 aliphatic carbocycles. The first-order valence-corrected chi connectivity index (χ1v) is 8.21. The van der Waals surface area contributed by atoms with Crippen LogP contribution in [0.3, 0.4) is 0 Å². The highest BCUT2D eigenvalue weighted by Gasteiger charge is 2.20. The fourth-order valence-electron chi connectivity index (χ4n) is 3.05. The molecule has 1 aliphatic rings. The lowest BCUT2D eigenvalue weighted by Gasteiger charge is -2.27. The molecule has 116 valence electrons. The lowest BCUT2D eigenvalue weighted by Crippen LogP contribution is -2.11. The summed E-state index contributed by atoms with van der Waals surface area (Å²) in [6.45, 7) is 3.67. The summed E-state index contributed by atoms with van der Waals surface area (Å²) in [6.07, 6.45) is 10.7. The van der Waals surface area contributed by atoms with Gasteiger partial charge in [-0.25, -0.2) is 0 Å². The van der Waals surface area contributed by atoms with Gasteiger partial charge in [-0.1, -0.05) is 31.2 Å². The molecule has 0 amide bonds. The van der Waals surface area contributed by atoms with Crippen molar-refractivity contribution in [2.45, 2.75) is 44.9 Å². The number of methoxy groups -OCH3 is 1. The van der Waals surface area contributed by atoms with Crippen LogP contribution >= 0.6 is 0 Å². The van der Waals surface area contributed by atoms with E-state index in [0.29, 0.717) is 0 Å². The summed E-state index contributed by atoms with van der Waals surface area (Å²) in [5, 5.41) is 0. The molecule has 1 aromatic rings. The minimum absolute atomic E-state index is 0.720. The van der Waals surface area contributed by atoms with E-state index in [1.807, 2.05) is 0 Å². The van der Waals surface area contributed by atoms with E-state index in [1.54, 1.807) is 7.11 Å². The van der Waals surface area contributed by atoms with Gasteiger partial charge in [-0.05, 0) is 61.6 Å². The highest BCUT2D eigenvalue weighted by molar-refractivity contribution is 5.29. The topological polar surface area (TPSA) is 18.5 Å². The van der Waals surface area contributed by atoms with Crippen molar-refractivity contribution in [1.82, 2.24) is 0 Å². The van der Waals surface area contributed by atoms with Crippen LogP contribution in [0.2, 0.25) is 0 Å². The van der Waals surface area contributed by atoms with Crippen LogP contribution in [0.1, 0.15) is 50.5 Å². The Morgan fingerprint density at radius 3 is 2.43 bits per heavy atom. The van der Waals surface area contributed by atoms with E-state index in [2.05, 4.69) is 43.3 Å². The molecule has 0 aromatic heterocycles. The van der Waals surface area contributed by atoms with Crippen LogP contribution in [0.5, 0.6) is 5.75 Å². The summed E-state index contributed by atoms with van der Waals surface area (Å²) < 4.78 is 10.7. The normalized spacial score (nSPS) is 22.6. The van der Waals surface area contributed by atoms with Gasteiger partial charge >= 0.3 is 0 Å². The largest absolute Gasteiger partial charge is 0.494 e. The summed E-state index contributed by atoms with van der Waals surface area (Å²) in [4.78, 5) is 0. The zero-order valence-corrected chi connectivity index (χ0v) is 13.4. The number of benzene rings is 1. The van der Waals surface area contributed by atoms with Gasteiger partial charge in [0.1, 0.15) is 5.75 Å². The SMILES string of the molecule is CCCOc1ccc([C@H]2CC[C@H](C=CCOC)CC2)cc1. The molecule has 0 radical (unpaired) electrons. The van der Waals surface area contributed by atoms with Crippen molar-refractivity contribution in [2.24, 2.45) is 5.92 Å². The molecule has 0 bridgehead atoms. The Morgan fingerprint density at radius 2 is 1.81 bits per heavy atom. The molecule has 0 spiro atoms. The molecule has 2 rings (SSSR count). The molecule has 0 atom stereocenters. The van der Waals surface area contributed by atoms with Crippen LogP contribution in [-0.2, 0) is 4.74 Å². The van der Waals surface area contributed by atoms with Gasteiger partial charge in [0, 0.05) is 7.11 Å². The summed E-state index contributed by atoms with van der Waals surface area (Å²) >= 11 is 0. The minimum Gasteiger partial charge on any atom is -0.494 e. The van der Waals surface area contributed by atoms with Crippen LogP contribution < -0.4 is 4.74 Å². The fraction of sp³-hybridized carbons (Fsp3) is 0.579. The van der Waals surface area contributed by atoms with Crippen molar-refractivity contribution >= 4 is 0 Å². The molecule has 0 heterocycles. The van der Waals surface area contributed by atoms with Gasteiger partial charge < -0.3 is 9.47 Å². The summed E-state index contributed by atoms with van der Waals surface area (Å²) in [5.41, 5.74) is 1.47. The predicted molar refractivity (Wildman–Crippen MR) is 87.9 cm³/mol. The van der Waals surface area contributed by atoms with Crippen LogP contribution in [-0.4, -0.2) is 20.3 Å². The molecular formula is C19H28O2. The molecule has 0 saturated heterocycles. The third-order valence-electron chi connectivity index (χ3n) is 4.27. The average Bonchev–Trinajstić information content (AvgIpc) is 2.54. The first-order valence-electron chi connectivity index (χ1n) is 8.21. The maximum Gasteiger partial charge on any atom is 0.119 e. The lowest BCUT2D eigenvalue weighted by molar-refractivity contribution is 0.233. The van der Waals surface area contributed by atoms with Crippen molar-refractivity contribution in [3.05, 3.63) is 42.0 Å². The summed E-state index contributed by atoms with van der Waals surface area (Å²) in [5.74, 6) is 2.46. The Morgan fingerprint density at radius 1 is 1.10 bits per heavy atom. The predicted octanol–water partition coefficient (Wildman–Crippen LogP) is 4.95. The fourth-order valence-corrected chi connectivity index (χ4v) is 3.05. The maximum absolute atomic E-state index is 5.65. The molecule has 21 heavy (non-hydrogen) atoms. The quantitative estimate of drug-likeness (QED) is 0.661. The van der Waals surface area contributed by atoms with Crippen molar-refractivity contribution in [3.63, 3.8) is 0 Å². The number of ether oxygens (including phenoxy) is 2. The number of hydrogen-bond acceptors (Lipinski definition) is 2. The third kappa shape index (κ3) is 5.20. The molecule has 1 fully saturated rings. The van der Waals surface area contributed by atoms with Gasteiger partial charge in [0.2, 0.25) is 0 Å². The second-order valence-electron chi connectivity index (χ2n) is 5.91. The first-order chi connectivity index (χ1) is 10.3. The van der Waals surface area contributed by atoms with Crippen LogP contribution in [0, 0.1) is 5.92 Å². The number of rotatable bonds is 7. The van der Waals surface area contributed by atoms with Crippen LogP contribution in [0.4, 0.5) is 0 Å². The number of hydrogen-bond donors (Lipinski definition) is 0. The van der Waals surface area contributed by atoms with Crippen molar-refractivity contribution in [1.29, 1.82) is 0 Å². The van der Waals surface area contributed by atoms with Crippen molar-refractivity contribution in [3.8, 4) is 5.75 Å². The Bertz CT molecular complexity index is 414. The van der Waals surface area contributed by atoms with Crippen molar-refractivity contribution < 1.29 is 9.47 Å². The van der Waals surface area contributed by atoms with Crippen LogP contribution in [0.25, 0.3) is 0 Å². The number of allylic oxidation sites excluding steroid dienone is 1. The Kier molecular flexibility index (Phi) is 6.81. The summed E-state index contributed by atoms with van der Waals surface area (Å²) in [7, 11) is 1.75. The Balaban J connectivity index is 1.81. The van der Waals surface area contributed by atoms with Gasteiger partial charge in [-0.3, -0.25) is 0 Å². The standard InChI is InChI=1S/C19H28O2/c1-3-14-21-19-12-10-18(11-13-19)17-8-6-16(7-9-17)5-4-15-20-2/h4-5,10-13,16-17H,3,6-9,14-15H2,1-2H3/t16-,17-. The molecule has 1 aromatic carbocycles. The second-order valence-corrected chi connectivity index (χ2v) is 5.91. The lowest BCUT2D eigenvalue weighted by atomic mass is 9.78. The molecule has 2 nitrogen and oxygen atoms in total. The van der Waals surface area contributed by atoms with E-state index in [1.165, 1.54) is 31.2 Å². The Hall–Kier alpha value is -1.28. The van der Waals surface area contributed by atoms with E-state index in [9.17, 15) is 0 Å². The minimum atomic E-state index is 0.720. The van der Waals surface area contributed by atoms with Gasteiger partial charge in [0.25, 0.3) is 0 Å². The Labute approximate surface area is 129 Å². The highest BCUT2D eigenvalue weighted by Crippen LogP contribution is 2.36. The molecule has 1 saturated carbocycles. The smallest absolute Gasteiger partial charge is 0.119 e. The monoisotopic (exact) mass is 288 g/mol. The molecular weight excluding hydrogens is 260 g/mol. The van der Waals surface area contributed by atoms with Gasteiger partial charge in [0.15, 0.2) is 0 Å². The second kappa shape index (κ2) is 8.89. The zero-order chi connectivity index (χ0) is 14.9. The van der Waals surface area contributed by atoms with E-state index in [4.69, 9.17) is 9.47 Å². The highest BCUT2D eigenvalue weighted by atomic mass is 16.5. The van der Waals surface area contributed by atoms with E-state index in [-0.39, 0.29) is 0 Å². The molecule has 2 heteroatoms. The van der Waals surface area contributed by atoms with E-state index >= 15 is 0 Å². The van der Waals surface area contributed by atoms with E-state index in [0.717, 1.165) is 37.2 Å². The summed E-state index contributed by atoms with van der Waals surface area (Å²) in [6, 6.07) is 8.73. The third-order valence-corrected chi connectivity index (χ3v) is 4.27. The molecule has 0 aliphatic heterocycles. The molecule has 0 unspecified atom stereocenters.